The molecular weight excluding hydrogens is 406 g/mol. The fraction of sp³-hybridized carbons (Fsp3) is 0.450. The van der Waals surface area contributed by atoms with Crippen LogP contribution in [0.25, 0.3) is 0 Å². The molecule has 1 fully saturated rings. The maximum Gasteiger partial charge on any atom is 0.322 e. The number of nitrogens with zero attached hydrogens (tertiary/aromatic N) is 1. The molecule has 168 valence electrons. The average Bonchev–Trinajstić information content (AvgIpc) is 3.21. The molecule has 7 N–H and O–H groups in total. The molecule has 1 saturated heterocycles. The number of carbonyl (C=O) groups excluding carboxylic acids is 4. The number of nitrogens with two attached hydrogens (primary N) is 2. The Kier molecular flexibility index (Phi) is 8.50. The van der Waals surface area contributed by atoms with E-state index in [1.807, 2.05) is 30.3 Å². The molecule has 2 rings (SSSR count). The molecule has 0 spiro atoms. The Morgan fingerprint density at radius 3 is 2.45 bits per heavy atom. The first-order chi connectivity index (χ1) is 14.7. The SMILES string of the molecule is NC(=O)CC(NC(=O)C1CCCN1C(=O)C(N)Cc1ccccc1)C(=O)NCC(=O)O. The molecule has 0 aromatic heterocycles. The minimum atomic E-state index is -1.35. The zero-order chi connectivity index (χ0) is 23.0. The van der Waals surface area contributed by atoms with Crippen molar-refractivity contribution in [3.8, 4) is 0 Å². The summed E-state index contributed by atoms with van der Waals surface area (Å²) in [7, 11) is 0. The molecule has 1 aromatic rings. The van der Waals surface area contributed by atoms with Crippen molar-refractivity contribution in [2.24, 2.45) is 11.5 Å². The molecule has 0 radical (unpaired) electrons. The number of nitrogens with one attached hydrogen (secondary N) is 2. The Bertz CT molecular complexity index is 831. The number of hydrogen-bond donors (Lipinski definition) is 5. The highest BCUT2D eigenvalue weighted by molar-refractivity contribution is 5.96. The molecule has 31 heavy (non-hydrogen) atoms. The average molecular weight is 433 g/mol. The van der Waals surface area contributed by atoms with Gasteiger partial charge in [0.05, 0.1) is 12.5 Å². The Morgan fingerprint density at radius 1 is 1.16 bits per heavy atom. The highest BCUT2D eigenvalue weighted by Gasteiger charge is 2.37. The van der Waals surface area contributed by atoms with Crippen molar-refractivity contribution in [1.82, 2.24) is 15.5 Å². The molecule has 11 nitrogen and oxygen atoms in total. The first-order valence-electron chi connectivity index (χ1n) is 9.87. The van der Waals surface area contributed by atoms with Crippen molar-refractivity contribution < 1.29 is 29.1 Å². The van der Waals surface area contributed by atoms with Gasteiger partial charge in [-0.15, -0.1) is 0 Å². The van der Waals surface area contributed by atoms with E-state index < -0.39 is 54.8 Å². The molecule has 1 heterocycles. The summed E-state index contributed by atoms with van der Waals surface area (Å²) in [6.45, 7) is -0.336. The Balaban J connectivity index is 2.03. The summed E-state index contributed by atoms with van der Waals surface area (Å²) in [5, 5.41) is 13.2. The fourth-order valence-corrected chi connectivity index (χ4v) is 3.44. The van der Waals surface area contributed by atoms with Crippen LogP contribution in [0.4, 0.5) is 0 Å². The lowest BCUT2D eigenvalue weighted by atomic mass is 10.0. The molecule has 0 aliphatic carbocycles. The lowest BCUT2D eigenvalue weighted by molar-refractivity contribution is -0.141. The van der Waals surface area contributed by atoms with Crippen LogP contribution < -0.4 is 22.1 Å². The Morgan fingerprint density at radius 2 is 1.84 bits per heavy atom. The van der Waals surface area contributed by atoms with E-state index in [0.29, 0.717) is 25.8 Å². The molecule has 11 heteroatoms. The predicted octanol–water partition coefficient (Wildman–Crippen LogP) is -1.89. The van der Waals surface area contributed by atoms with Gasteiger partial charge in [0, 0.05) is 6.54 Å². The van der Waals surface area contributed by atoms with Crippen molar-refractivity contribution >= 4 is 29.6 Å². The van der Waals surface area contributed by atoms with E-state index in [1.165, 1.54) is 4.90 Å². The zero-order valence-electron chi connectivity index (χ0n) is 17.0. The summed E-state index contributed by atoms with van der Waals surface area (Å²) in [6, 6.07) is 6.21. The highest BCUT2D eigenvalue weighted by atomic mass is 16.4. The summed E-state index contributed by atoms with van der Waals surface area (Å²) >= 11 is 0. The van der Waals surface area contributed by atoms with Crippen LogP contribution in [0.3, 0.4) is 0 Å². The van der Waals surface area contributed by atoms with Gasteiger partial charge in [-0.25, -0.2) is 0 Å². The zero-order valence-corrected chi connectivity index (χ0v) is 17.0. The maximum absolute atomic E-state index is 12.8. The topological polar surface area (TPSA) is 185 Å². The minimum Gasteiger partial charge on any atom is -0.480 e. The van der Waals surface area contributed by atoms with E-state index in [-0.39, 0.29) is 5.91 Å². The molecule has 1 aliphatic rings. The second-order valence-corrected chi connectivity index (χ2v) is 7.33. The van der Waals surface area contributed by atoms with Gasteiger partial charge in [0.2, 0.25) is 23.6 Å². The van der Waals surface area contributed by atoms with Gasteiger partial charge in [-0.1, -0.05) is 30.3 Å². The van der Waals surface area contributed by atoms with E-state index in [0.717, 1.165) is 5.56 Å². The van der Waals surface area contributed by atoms with E-state index in [1.54, 1.807) is 0 Å². The van der Waals surface area contributed by atoms with E-state index >= 15 is 0 Å². The number of amides is 4. The Hall–Kier alpha value is -3.47. The largest absolute Gasteiger partial charge is 0.480 e. The van der Waals surface area contributed by atoms with Gasteiger partial charge in [0.25, 0.3) is 0 Å². The van der Waals surface area contributed by atoms with Crippen molar-refractivity contribution in [3.05, 3.63) is 35.9 Å². The van der Waals surface area contributed by atoms with Gasteiger partial charge in [0.1, 0.15) is 18.6 Å². The standard InChI is InChI=1S/C20H27N5O6/c21-13(9-12-5-2-1-3-6-12)20(31)25-8-4-7-15(25)19(30)24-14(10-16(22)26)18(29)23-11-17(27)28/h1-3,5-6,13-15H,4,7-11,21H2,(H2,22,26)(H,23,29)(H,24,30)(H,27,28). The number of aliphatic carboxylic acids is 1. The summed E-state index contributed by atoms with van der Waals surface area (Å²) in [4.78, 5) is 61.1. The number of hydrogen-bond acceptors (Lipinski definition) is 6. The van der Waals surface area contributed by atoms with Crippen LogP contribution in [-0.2, 0) is 30.4 Å². The molecule has 0 saturated carbocycles. The molecule has 0 bridgehead atoms. The number of rotatable bonds is 10. The normalized spacial score (nSPS) is 17.5. The van der Waals surface area contributed by atoms with Crippen LogP contribution in [0, 0.1) is 0 Å². The summed E-state index contributed by atoms with van der Waals surface area (Å²) in [5.74, 6) is -4.00. The van der Waals surface area contributed by atoms with Gasteiger partial charge in [-0.2, -0.15) is 0 Å². The molecule has 1 aliphatic heterocycles. The van der Waals surface area contributed by atoms with Crippen LogP contribution in [0.15, 0.2) is 30.3 Å². The molecule has 3 atom stereocenters. The van der Waals surface area contributed by atoms with Crippen LogP contribution >= 0.6 is 0 Å². The third-order valence-corrected chi connectivity index (χ3v) is 4.91. The van der Waals surface area contributed by atoms with Gasteiger partial charge in [-0.05, 0) is 24.8 Å². The number of carboxylic acids is 1. The van der Waals surface area contributed by atoms with E-state index in [4.69, 9.17) is 16.6 Å². The number of benzene rings is 1. The summed E-state index contributed by atoms with van der Waals surface area (Å²) in [6.07, 6.45) is 0.751. The lowest BCUT2D eigenvalue weighted by Crippen LogP contribution is -2.56. The first-order valence-corrected chi connectivity index (χ1v) is 9.87. The molecule has 4 amide bonds. The van der Waals surface area contributed by atoms with Gasteiger partial charge >= 0.3 is 5.97 Å². The summed E-state index contributed by atoms with van der Waals surface area (Å²) < 4.78 is 0. The van der Waals surface area contributed by atoms with Crippen LogP contribution in [-0.4, -0.2) is 70.8 Å². The third-order valence-electron chi connectivity index (χ3n) is 4.91. The van der Waals surface area contributed by atoms with Crippen molar-refractivity contribution in [1.29, 1.82) is 0 Å². The smallest absolute Gasteiger partial charge is 0.322 e. The van der Waals surface area contributed by atoms with Crippen LogP contribution in [0.2, 0.25) is 0 Å². The number of likely N-dealkylation sites (tertiary alicyclic amines) is 1. The van der Waals surface area contributed by atoms with Crippen LogP contribution in [0.5, 0.6) is 0 Å². The van der Waals surface area contributed by atoms with Gasteiger partial charge < -0.3 is 32.1 Å². The highest BCUT2D eigenvalue weighted by Crippen LogP contribution is 2.19. The third kappa shape index (κ3) is 7.07. The van der Waals surface area contributed by atoms with Crippen molar-refractivity contribution in [2.45, 2.75) is 43.8 Å². The second-order valence-electron chi connectivity index (χ2n) is 7.33. The number of carbonyl (C=O) groups is 5. The molecular formula is C20H27N5O6. The quantitative estimate of drug-likeness (QED) is 0.285. The molecule has 3 unspecified atom stereocenters. The second kappa shape index (κ2) is 11.1. The lowest BCUT2D eigenvalue weighted by Gasteiger charge is -2.28. The Labute approximate surface area is 179 Å². The summed E-state index contributed by atoms with van der Waals surface area (Å²) in [5.41, 5.74) is 12.1. The van der Waals surface area contributed by atoms with Gasteiger partial charge in [0.15, 0.2) is 0 Å². The van der Waals surface area contributed by atoms with E-state index in [2.05, 4.69) is 10.6 Å². The number of primary amides is 1. The predicted molar refractivity (Wildman–Crippen MR) is 109 cm³/mol. The number of carboxylic acid groups (broad SMARTS) is 1. The van der Waals surface area contributed by atoms with E-state index in [9.17, 15) is 24.0 Å². The van der Waals surface area contributed by atoms with Crippen LogP contribution in [0.1, 0.15) is 24.8 Å². The fourth-order valence-electron chi connectivity index (χ4n) is 3.44. The van der Waals surface area contributed by atoms with Crippen molar-refractivity contribution in [3.63, 3.8) is 0 Å². The first kappa shape index (κ1) is 23.8. The maximum atomic E-state index is 12.8. The minimum absolute atomic E-state index is 0.312. The van der Waals surface area contributed by atoms with Gasteiger partial charge in [-0.3, -0.25) is 24.0 Å². The monoisotopic (exact) mass is 433 g/mol. The van der Waals surface area contributed by atoms with Crippen molar-refractivity contribution in [2.75, 3.05) is 13.1 Å². The molecule has 1 aromatic carbocycles.